The van der Waals surface area contributed by atoms with E-state index in [4.69, 9.17) is 14.3 Å². The van der Waals surface area contributed by atoms with Crippen LogP contribution in [0.5, 0.6) is 0 Å². The third-order valence-electron chi connectivity index (χ3n) is 2.90. The monoisotopic (exact) mass is 304 g/mol. The zero-order valence-electron chi connectivity index (χ0n) is 14.4. The van der Waals surface area contributed by atoms with Gasteiger partial charge in [-0.1, -0.05) is 0 Å². The molecule has 0 amide bonds. The Hall–Kier alpha value is -0.200. The van der Waals surface area contributed by atoms with E-state index in [1.807, 2.05) is 27.7 Å². The van der Waals surface area contributed by atoms with Gasteiger partial charge < -0.3 is 0 Å². The molecule has 0 radical (unpaired) electrons. The molecule has 0 aromatic rings. The molecule has 0 saturated carbocycles. The fourth-order valence-electron chi connectivity index (χ4n) is 2.73. The predicted molar refractivity (Wildman–Crippen MR) is 88.0 cm³/mol. The van der Waals surface area contributed by atoms with Crippen LogP contribution in [-0.4, -0.2) is 35.1 Å². The number of hydrogen-bond donors (Lipinski definition) is 0. The van der Waals surface area contributed by atoms with Crippen molar-refractivity contribution in [1.82, 2.24) is 4.67 Å². The van der Waals surface area contributed by atoms with Gasteiger partial charge in [0.2, 0.25) is 0 Å². The Morgan fingerprint density at radius 1 is 0.900 bits per heavy atom. The molecule has 0 aliphatic heterocycles. The quantitative estimate of drug-likeness (QED) is 0.594. The second-order valence-corrected chi connectivity index (χ2v) is 9.21. The van der Waals surface area contributed by atoms with Crippen LogP contribution < -0.4 is 0 Å². The van der Waals surface area contributed by atoms with Crippen molar-refractivity contribution in [3.05, 3.63) is 0 Å². The van der Waals surface area contributed by atoms with Gasteiger partial charge >= 0.3 is 125 Å². The average Bonchev–Trinajstić information content (AvgIpc) is 2.22. The first-order valence-electron chi connectivity index (χ1n) is 7.67. The first-order chi connectivity index (χ1) is 9.16. The van der Waals surface area contributed by atoms with Gasteiger partial charge in [0.05, 0.1) is 0 Å². The molecule has 0 N–H and O–H groups in total. The summed E-state index contributed by atoms with van der Waals surface area (Å²) in [5, 5.41) is 9.00. The van der Waals surface area contributed by atoms with E-state index in [1.54, 1.807) is 0 Å². The second kappa shape index (κ2) is 8.95. The van der Waals surface area contributed by atoms with Crippen LogP contribution in [0.4, 0.5) is 0 Å². The molecule has 4 nitrogen and oxygen atoms in total. The first kappa shape index (κ1) is 19.8. The molecule has 0 unspecified atom stereocenters. The fourth-order valence-corrected chi connectivity index (χ4v) is 7.00. The third-order valence-corrected chi connectivity index (χ3v) is 7.28. The van der Waals surface area contributed by atoms with Gasteiger partial charge in [0.25, 0.3) is 0 Å². The van der Waals surface area contributed by atoms with Crippen LogP contribution in [0.1, 0.15) is 61.8 Å². The SMILES string of the molecule is CC(C)O[PH](CCC#N)(OC(C)C)N(C(C)C)C(C)C. The second-order valence-electron chi connectivity index (χ2n) is 6.30. The molecule has 0 heterocycles. The summed E-state index contributed by atoms with van der Waals surface area (Å²) in [7, 11) is -2.59. The summed E-state index contributed by atoms with van der Waals surface area (Å²) in [5.41, 5.74) is 0. The molecule has 120 valence electrons. The summed E-state index contributed by atoms with van der Waals surface area (Å²) in [6.07, 6.45) is 1.36. The maximum atomic E-state index is 9.00. The molecule has 0 rings (SSSR count). The van der Waals surface area contributed by atoms with Crippen LogP contribution in [0.3, 0.4) is 0 Å². The van der Waals surface area contributed by atoms with Crippen molar-refractivity contribution in [2.24, 2.45) is 0 Å². The first-order valence-corrected chi connectivity index (χ1v) is 9.64. The van der Waals surface area contributed by atoms with Crippen molar-refractivity contribution < 1.29 is 9.05 Å². The zero-order chi connectivity index (χ0) is 15.9. The molecule has 0 saturated heterocycles. The van der Waals surface area contributed by atoms with Gasteiger partial charge in [-0.05, 0) is 0 Å². The van der Waals surface area contributed by atoms with E-state index in [-0.39, 0.29) is 12.2 Å². The Labute approximate surface area is 126 Å². The summed E-state index contributed by atoms with van der Waals surface area (Å²) in [6.45, 7) is 16.8. The third kappa shape index (κ3) is 6.06. The van der Waals surface area contributed by atoms with Crippen molar-refractivity contribution >= 4 is 7.87 Å². The molecule has 0 atom stereocenters. The Morgan fingerprint density at radius 3 is 1.55 bits per heavy atom. The normalized spacial score (nSPS) is 13.8. The van der Waals surface area contributed by atoms with Crippen LogP contribution in [0, 0.1) is 11.3 Å². The van der Waals surface area contributed by atoms with Crippen LogP contribution in [-0.2, 0) is 9.05 Å². The summed E-state index contributed by atoms with van der Waals surface area (Å²) in [6, 6.07) is 2.91. The van der Waals surface area contributed by atoms with Gasteiger partial charge in [0.15, 0.2) is 0 Å². The van der Waals surface area contributed by atoms with Gasteiger partial charge in [-0.2, -0.15) is 0 Å². The van der Waals surface area contributed by atoms with E-state index in [2.05, 4.69) is 38.4 Å². The minimum absolute atomic E-state index is 0.0964. The standard InChI is InChI=1S/C15H33N2O2P/c1-12(2)17(13(3)4)20(11-9-10-16,18-14(5)6)19-15(7)8/h12-15,20H,9,11H2,1-8H3. The van der Waals surface area contributed by atoms with Crippen molar-refractivity contribution in [3.8, 4) is 6.07 Å². The zero-order valence-corrected chi connectivity index (χ0v) is 15.4. The van der Waals surface area contributed by atoms with Crippen molar-refractivity contribution in [1.29, 1.82) is 5.26 Å². The number of nitriles is 1. The van der Waals surface area contributed by atoms with Crippen molar-refractivity contribution in [2.45, 2.75) is 86.1 Å². The van der Waals surface area contributed by atoms with E-state index < -0.39 is 7.87 Å². The maximum absolute atomic E-state index is 9.00. The molecule has 0 fully saturated rings. The van der Waals surface area contributed by atoms with Crippen LogP contribution >= 0.6 is 7.87 Å². The fraction of sp³-hybridized carbons (Fsp3) is 0.933. The molecule has 20 heavy (non-hydrogen) atoms. The Bertz CT molecular complexity index is 293. The van der Waals surface area contributed by atoms with E-state index in [0.717, 1.165) is 0 Å². The topological polar surface area (TPSA) is 45.5 Å². The van der Waals surface area contributed by atoms with Gasteiger partial charge in [-0.15, -0.1) is 0 Å². The molecule has 0 aromatic heterocycles. The van der Waals surface area contributed by atoms with Crippen molar-refractivity contribution in [2.75, 3.05) is 6.16 Å². The summed E-state index contributed by atoms with van der Waals surface area (Å²) < 4.78 is 15.0. The van der Waals surface area contributed by atoms with Gasteiger partial charge in [-0.25, -0.2) is 0 Å². The molecular weight excluding hydrogens is 271 g/mol. The molecule has 0 bridgehead atoms. The number of rotatable bonds is 9. The number of nitrogens with zero attached hydrogens (tertiary/aromatic N) is 2. The molecule has 5 heteroatoms. The molecule has 0 aliphatic carbocycles. The Morgan fingerprint density at radius 2 is 1.30 bits per heavy atom. The van der Waals surface area contributed by atoms with Crippen LogP contribution in [0.2, 0.25) is 0 Å². The average molecular weight is 304 g/mol. The van der Waals surface area contributed by atoms with E-state index in [0.29, 0.717) is 24.7 Å². The number of hydrogen-bond acceptors (Lipinski definition) is 4. The van der Waals surface area contributed by atoms with Gasteiger partial charge in [-0.3, -0.25) is 0 Å². The van der Waals surface area contributed by atoms with E-state index in [1.165, 1.54) is 0 Å². The molecular formula is C15H33N2O2P. The van der Waals surface area contributed by atoms with E-state index >= 15 is 0 Å². The Balaban J connectivity index is 5.58. The minimum atomic E-state index is -2.59. The predicted octanol–water partition coefficient (Wildman–Crippen LogP) is 4.36. The van der Waals surface area contributed by atoms with E-state index in [9.17, 15) is 0 Å². The van der Waals surface area contributed by atoms with Crippen molar-refractivity contribution in [3.63, 3.8) is 0 Å². The van der Waals surface area contributed by atoms with Gasteiger partial charge in [0.1, 0.15) is 0 Å². The summed E-state index contributed by atoms with van der Waals surface area (Å²) in [4.78, 5) is 0. The Kier molecular flexibility index (Phi) is 8.86. The van der Waals surface area contributed by atoms with Crippen LogP contribution in [0.25, 0.3) is 0 Å². The summed E-state index contributed by atoms with van der Waals surface area (Å²) >= 11 is 0. The van der Waals surface area contributed by atoms with Gasteiger partial charge in [0, 0.05) is 0 Å². The summed E-state index contributed by atoms with van der Waals surface area (Å²) in [5.74, 6) is 0. The molecule has 0 aliphatic rings. The molecule has 0 aromatic carbocycles. The van der Waals surface area contributed by atoms with Crippen LogP contribution in [0.15, 0.2) is 0 Å². The molecule has 0 spiro atoms.